The molecule has 1 N–H and O–H groups in total. The third-order valence-electron chi connectivity index (χ3n) is 4.20. The maximum atomic E-state index is 5.55. The number of rotatable bonds is 5. The molecule has 2 unspecified atom stereocenters. The van der Waals surface area contributed by atoms with Crippen molar-refractivity contribution in [3.05, 3.63) is 0 Å². The highest BCUT2D eigenvalue weighted by Gasteiger charge is 2.24. The van der Waals surface area contributed by atoms with Gasteiger partial charge < -0.3 is 15.0 Å². The number of hydrogen-bond donors (Lipinski definition) is 1. The Morgan fingerprint density at radius 1 is 1.25 bits per heavy atom. The van der Waals surface area contributed by atoms with Gasteiger partial charge in [0.05, 0.1) is 6.10 Å². The largest absolute Gasteiger partial charge is 0.377 e. The van der Waals surface area contributed by atoms with E-state index in [0.717, 1.165) is 19.2 Å². The fraction of sp³-hybridized carbons (Fsp3) is 1.00. The Labute approximate surface area is 99.5 Å². The molecule has 1 saturated heterocycles. The van der Waals surface area contributed by atoms with Crippen molar-refractivity contribution in [1.29, 1.82) is 0 Å². The molecule has 3 heteroatoms. The van der Waals surface area contributed by atoms with Gasteiger partial charge in [-0.2, -0.15) is 0 Å². The van der Waals surface area contributed by atoms with Gasteiger partial charge in [0.2, 0.25) is 0 Å². The van der Waals surface area contributed by atoms with Crippen molar-refractivity contribution in [3.63, 3.8) is 0 Å². The minimum Gasteiger partial charge on any atom is -0.377 e. The summed E-state index contributed by atoms with van der Waals surface area (Å²) in [7, 11) is 2.27. The van der Waals surface area contributed by atoms with Crippen LogP contribution in [0.3, 0.4) is 0 Å². The van der Waals surface area contributed by atoms with Crippen LogP contribution in [-0.4, -0.2) is 49.8 Å². The first-order valence-corrected chi connectivity index (χ1v) is 6.82. The van der Waals surface area contributed by atoms with Crippen LogP contribution in [-0.2, 0) is 4.74 Å². The molecule has 1 aliphatic carbocycles. The van der Waals surface area contributed by atoms with Crippen LogP contribution in [0.5, 0.6) is 0 Å². The second kappa shape index (κ2) is 5.99. The van der Waals surface area contributed by atoms with Crippen molar-refractivity contribution in [1.82, 2.24) is 10.2 Å². The first kappa shape index (κ1) is 12.3. The molecule has 1 saturated carbocycles. The van der Waals surface area contributed by atoms with Crippen LogP contribution in [0.4, 0.5) is 0 Å². The molecule has 0 aromatic rings. The number of nitrogens with one attached hydrogen (secondary N) is 1. The highest BCUT2D eigenvalue weighted by Crippen LogP contribution is 2.21. The van der Waals surface area contributed by atoms with Gasteiger partial charge >= 0.3 is 0 Å². The van der Waals surface area contributed by atoms with Crippen LogP contribution in [0.25, 0.3) is 0 Å². The molecule has 1 aliphatic heterocycles. The zero-order valence-corrected chi connectivity index (χ0v) is 10.7. The zero-order chi connectivity index (χ0) is 11.4. The molecule has 2 rings (SSSR count). The Kier molecular flexibility index (Phi) is 4.62. The summed E-state index contributed by atoms with van der Waals surface area (Å²) in [6, 6.07) is 1.43. The molecule has 2 aliphatic rings. The van der Waals surface area contributed by atoms with E-state index in [2.05, 4.69) is 24.2 Å². The molecular weight excluding hydrogens is 200 g/mol. The van der Waals surface area contributed by atoms with Gasteiger partial charge in [-0.3, -0.25) is 0 Å². The summed E-state index contributed by atoms with van der Waals surface area (Å²) in [5.74, 6) is 0. The zero-order valence-electron chi connectivity index (χ0n) is 10.7. The van der Waals surface area contributed by atoms with E-state index in [-0.39, 0.29) is 0 Å². The van der Waals surface area contributed by atoms with Crippen LogP contribution < -0.4 is 5.32 Å². The van der Waals surface area contributed by atoms with Crippen LogP contribution in [0.15, 0.2) is 0 Å². The predicted octanol–water partition coefficient (Wildman–Crippen LogP) is 1.63. The lowest BCUT2D eigenvalue weighted by atomic mass is 10.1. The first-order valence-electron chi connectivity index (χ1n) is 6.82. The summed E-state index contributed by atoms with van der Waals surface area (Å²) in [6.07, 6.45) is 7.23. The van der Waals surface area contributed by atoms with Crippen molar-refractivity contribution in [3.8, 4) is 0 Å². The van der Waals surface area contributed by atoms with Crippen molar-refractivity contribution in [2.75, 3.05) is 26.7 Å². The minimum atomic E-state index is 0.400. The van der Waals surface area contributed by atoms with Crippen LogP contribution in [0.2, 0.25) is 0 Å². The van der Waals surface area contributed by atoms with E-state index >= 15 is 0 Å². The van der Waals surface area contributed by atoms with Crippen molar-refractivity contribution in [2.45, 2.75) is 57.2 Å². The summed E-state index contributed by atoms with van der Waals surface area (Å²) in [5, 5.41) is 3.62. The summed E-state index contributed by atoms with van der Waals surface area (Å²) >= 11 is 0. The number of hydrogen-bond acceptors (Lipinski definition) is 3. The molecule has 0 spiro atoms. The predicted molar refractivity (Wildman–Crippen MR) is 66.7 cm³/mol. The topological polar surface area (TPSA) is 24.5 Å². The lowest BCUT2D eigenvalue weighted by Crippen LogP contribution is -2.41. The maximum absolute atomic E-state index is 5.55. The van der Waals surface area contributed by atoms with E-state index < -0.39 is 0 Å². The Morgan fingerprint density at radius 2 is 2.00 bits per heavy atom. The molecule has 2 fully saturated rings. The fourth-order valence-corrected chi connectivity index (χ4v) is 2.95. The molecule has 0 aromatic carbocycles. The number of likely N-dealkylation sites (N-methyl/N-ethyl adjacent to an activating group) is 1. The quantitative estimate of drug-likeness (QED) is 0.771. The van der Waals surface area contributed by atoms with E-state index in [1.165, 1.54) is 38.6 Å². The van der Waals surface area contributed by atoms with Crippen LogP contribution in [0.1, 0.15) is 39.0 Å². The minimum absolute atomic E-state index is 0.400. The highest BCUT2D eigenvalue weighted by molar-refractivity contribution is 4.80. The molecule has 0 aromatic heterocycles. The Hall–Kier alpha value is -0.120. The van der Waals surface area contributed by atoms with Crippen LogP contribution in [0, 0.1) is 0 Å². The molecule has 1 heterocycles. The van der Waals surface area contributed by atoms with E-state index in [9.17, 15) is 0 Å². The normalized spacial score (nSPS) is 31.7. The molecule has 2 atom stereocenters. The first-order chi connectivity index (χ1) is 7.77. The molecule has 94 valence electrons. The average molecular weight is 226 g/mol. The second-order valence-corrected chi connectivity index (χ2v) is 5.34. The fourth-order valence-electron chi connectivity index (χ4n) is 2.95. The third kappa shape index (κ3) is 3.19. The second-order valence-electron chi connectivity index (χ2n) is 5.34. The van der Waals surface area contributed by atoms with E-state index in [1.807, 2.05) is 0 Å². The van der Waals surface area contributed by atoms with Gasteiger partial charge in [-0.25, -0.2) is 0 Å². The van der Waals surface area contributed by atoms with Gasteiger partial charge in [0, 0.05) is 31.8 Å². The Morgan fingerprint density at radius 3 is 2.62 bits per heavy atom. The summed E-state index contributed by atoms with van der Waals surface area (Å²) < 4.78 is 5.55. The molecular formula is C13H26N2O. The molecule has 0 radical (unpaired) electrons. The highest BCUT2D eigenvalue weighted by atomic mass is 16.5. The number of ether oxygens (including phenoxy) is 1. The van der Waals surface area contributed by atoms with Crippen molar-refractivity contribution < 1.29 is 4.74 Å². The lowest BCUT2D eigenvalue weighted by Gasteiger charge is -2.25. The third-order valence-corrected chi connectivity index (χ3v) is 4.20. The van der Waals surface area contributed by atoms with E-state index in [1.54, 1.807) is 0 Å². The van der Waals surface area contributed by atoms with Gasteiger partial charge in [0.1, 0.15) is 0 Å². The maximum Gasteiger partial charge on any atom is 0.0700 e. The van der Waals surface area contributed by atoms with Gasteiger partial charge in [-0.15, -0.1) is 0 Å². The Bertz CT molecular complexity index is 204. The van der Waals surface area contributed by atoms with Gasteiger partial charge in [-0.1, -0.05) is 12.8 Å². The van der Waals surface area contributed by atoms with E-state index in [4.69, 9.17) is 4.74 Å². The molecule has 3 nitrogen and oxygen atoms in total. The van der Waals surface area contributed by atoms with Crippen LogP contribution >= 0.6 is 0 Å². The SMILES string of the molecule is CC1OCCC1NCCN(C)C1CCCC1. The molecule has 0 bridgehead atoms. The van der Waals surface area contributed by atoms with Gasteiger partial charge in [0.15, 0.2) is 0 Å². The number of nitrogens with zero attached hydrogens (tertiary/aromatic N) is 1. The van der Waals surface area contributed by atoms with Crippen molar-refractivity contribution >= 4 is 0 Å². The smallest absolute Gasteiger partial charge is 0.0700 e. The monoisotopic (exact) mass is 226 g/mol. The summed E-state index contributed by atoms with van der Waals surface area (Å²) in [4.78, 5) is 2.53. The molecule has 16 heavy (non-hydrogen) atoms. The Balaban J connectivity index is 1.59. The standard InChI is InChI=1S/C13H26N2O/c1-11-13(7-10-16-11)14-8-9-15(2)12-5-3-4-6-12/h11-14H,3-10H2,1-2H3. The summed E-state index contributed by atoms with van der Waals surface area (Å²) in [6.45, 7) is 5.38. The molecule has 0 amide bonds. The van der Waals surface area contributed by atoms with E-state index in [0.29, 0.717) is 12.1 Å². The summed E-state index contributed by atoms with van der Waals surface area (Å²) in [5.41, 5.74) is 0. The average Bonchev–Trinajstić information content (AvgIpc) is 2.90. The lowest BCUT2D eigenvalue weighted by molar-refractivity contribution is 0.112. The van der Waals surface area contributed by atoms with Gasteiger partial charge in [-0.05, 0) is 33.2 Å². The van der Waals surface area contributed by atoms with Crippen molar-refractivity contribution in [2.24, 2.45) is 0 Å². The van der Waals surface area contributed by atoms with Gasteiger partial charge in [0.25, 0.3) is 0 Å².